The number of nitrogens with one attached hydrogen (secondary N) is 1. The first-order valence-corrected chi connectivity index (χ1v) is 7.86. The van der Waals surface area contributed by atoms with Crippen molar-refractivity contribution in [1.82, 2.24) is 4.90 Å². The summed E-state index contributed by atoms with van der Waals surface area (Å²) in [6.45, 7) is 1.15. The van der Waals surface area contributed by atoms with Gasteiger partial charge >= 0.3 is 0 Å². The van der Waals surface area contributed by atoms with Crippen LogP contribution >= 0.6 is 22.9 Å². The van der Waals surface area contributed by atoms with Gasteiger partial charge in [0.25, 0.3) is 0 Å². The third-order valence-electron chi connectivity index (χ3n) is 3.02. The Hall–Kier alpha value is -1.56. The Morgan fingerprint density at radius 1 is 1.43 bits per heavy atom. The Morgan fingerprint density at radius 3 is 2.95 bits per heavy atom. The smallest absolute Gasteiger partial charge is 0.238 e. The van der Waals surface area contributed by atoms with Gasteiger partial charge in [-0.2, -0.15) is 0 Å². The number of rotatable bonds is 6. The van der Waals surface area contributed by atoms with Crippen molar-refractivity contribution in [2.45, 2.75) is 6.42 Å². The van der Waals surface area contributed by atoms with E-state index < -0.39 is 0 Å². The van der Waals surface area contributed by atoms with Crippen molar-refractivity contribution in [3.05, 3.63) is 45.6 Å². The summed E-state index contributed by atoms with van der Waals surface area (Å²) in [7, 11) is 1.93. The van der Waals surface area contributed by atoms with Gasteiger partial charge in [0.15, 0.2) is 0 Å². The van der Waals surface area contributed by atoms with Crippen LogP contribution in [0, 0.1) is 0 Å². The van der Waals surface area contributed by atoms with Gasteiger partial charge in [0.05, 0.1) is 17.9 Å². The van der Waals surface area contributed by atoms with E-state index in [0.29, 0.717) is 22.9 Å². The van der Waals surface area contributed by atoms with Gasteiger partial charge in [-0.05, 0) is 43.1 Å². The molecule has 1 aromatic carbocycles. The molecule has 0 saturated carbocycles. The highest BCUT2D eigenvalue weighted by Crippen LogP contribution is 2.22. The summed E-state index contributed by atoms with van der Waals surface area (Å²) in [4.78, 5) is 15.3. The van der Waals surface area contributed by atoms with E-state index in [1.165, 1.54) is 4.88 Å². The van der Waals surface area contributed by atoms with Gasteiger partial charge in [-0.1, -0.05) is 17.7 Å². The summed E-state index contributed by atoms with van der Waals surface area (Å²) in [6.07, 6.45) is 0.945. The van der Waals surface area contributed by atoms with Gasteiger partial charge in [-0.3, -0.25) is 9.69 Å². The largest absolute Gasteiger partial charge is 0.397 e. The quantitative estimate of drug-likeness (QED) is 0.803. The third-order valence-corrected chi connectivity index (χ3v) is 4.19. The van der Waals surface area contributed by atoms with Gasteiger partial charge in [-0.25, -0.2) is 0 Å². The van der Waals surface area contributed by atoms with Crippen molar-refractivity contribution >= 4 is 40.2 Å². The van der Waals surface area contributed by atoms with Crippen molar-refractivity contribution in [3.8, 4) is 0 Å². The maximum atomic E-state index is 12.0. The van der Waals surface area contributed by atoms with Crippen LogP contribution in [-0.2, 0) is 11.2 Å². The number of carbonyl (C=O) groups excluding carboxylic acids is 1. The van der Waals surface area contributed by atoms with Crippen molar-refractivity contribution in [3.63, 3.8) is 0 Å². The first-order chi connectivity index (χ1) is 10.0. The summed E-state index contributed by atoms with van der Waals surface area (Å²) in [6, 6.07) is 9.17. The lowest BCUT2D eigenvalue weighted by Crippen LogP contribution is -2.31. The number of hydrogen-bond acceptors (Lipinski definition) is 4. The molecule has 112 valence electrons. The number of carbonyl (C=O) groups is 1. The lowest BCUT2D eigenvalue weighted by atomic mass is 10.2. The van der Waals surface area contributed by atoms with Gasteiger partial charge in [0.1, 0.15) is 0 Å². The predicted molar refractivity (Wildman–Crippen MR) is 90.0 cm³/mol. The van der Waals surface area contributed by atoms with Gasteiger partial charge in [0.2, 0.25) is 5.91 Å². The Morgan fingerprint density at radius 2 is 2.24 bits per heavy atom. The average Bonchev–Trinajstić information content (AvgIpc) is 2.94. The minimum absolute atomic E-state index is 0.0994. The molecule has 4 nitrogen and oxygen atoms in total. The van der Waals surface area contributed by atoms with Crippen molar-refractivity contribution in [2.24, 2.45) is 0 Å². The van der Waals surface area contributed by atoms with E-state index >= 15 is 0 Å². The second-order valence-corrected chi connectivity index (χ2v) is 6.32. The molecule has 0 aliphatic heterocycles. The topological polar surface area (TPSA) is 58.4 Å². The number of nitrogens with two attached hydrogens (primary N) is 1. The van der Waals surface area contributed by atoms with Crippen LogP contribution in [-0.4, -0.2) is 30.9 Å². The van der Waals surface area contributed by atoms with Crippen LogP contribution < -0.4 is 11.1 Å². The molecule has 0 radical (unpaired) electrons. The van der Waals surface area contributed by atoms with Crippen LogP contribution in [0.25, 0.3) is 0 Å². The molecule has 0 aliphatic carbocycles. The van der Waals surface area contributed by atoms with Crippen LogP contribution in [0.5, 0.6) is 0 Å². The molecular weight excluding hydrogens is 306 g/mol. The Kier molecular flexibility index (Phi) is 5.61. The molecule has 3 N–H and O–H groups in total. The highest BCUT2D eigenvalue weighted by atomic mass is 35.5. The van der Waals surface area contributed by atoms with Crippen LogP contribution in [0.3, 0.4) is 0 Å². The third kappa shape index (κ3) is 5.04. The zero-order valence-electron chi connectivity index (χ0n) is 11.8. The molecule has 0 bridgehead atoms. The lowest BCUT2D eigenvalue weighted by molar-refractivity contribution is -0.117. The zero-order chi connectivity index (χ0) is 15.2. The first kappa shape index (κ1) is 15.8. The molecule has 0 aliphatic rings. The fourth-order valence-corrected chi connectivity index (χ4v) is 2.78. The summed E-state index contributed by atoms with van der Waals surface area (Å²) in [5.41, 5.74) is 6.87. The molecule has 0 saturated heterocycles. The molecule has 1 amide bonds. The molecule has 0 fully saturated rings. The van der Waals surface area contributed by atoms with Crippen LogP contribution in [0.4, 0.5) is 11.4 Å². The van der Waals surface area contributed by atoms with Crippen LogP contribution in [0.2, 0.25) is 5.02 Å². The van der Waals surface area contributed by atoms with Crippen LogP contribution in [0.15, 0.2) is 35.7 Å². The van der Waals surface area contributed by atoms with Crippen LogP contribution in [0.1, 0.15) is 4.88 Å². The molecule has 0 unspecified atom stereocenters. The SMILES string of the molecule is CN(CCc1cccs1)CC(=O)Nc1cc(Cl)ccc1N. The Bertz CT molecular complexity index is 601. The predicted octanol–water partition coefficient (Wildman–Crippen LogP) is 3.10. The summed E-state index contributed by atoms with van der Waals surface area (Å²) in [5.74, 6) is -0.0994. The monoisotopic (exact) mass is 323 g/mol. The van der Waals surface area contributed by atoms with Crippen molar-refractivity contribution in [2.75, 3.05) is 31.2 Å². The molecule has 1 aromatic heterocycles. The number of amides is 1. The van der Waals surface area contributed by atoms with Crippen molar-refractivity contribution < 1.29 is 4.79 Å². The van der Waals surface area contributed by atoms with E-state index in [1.807, 2.05) is 18.0 Å². The highest BCUT2D eigenvalue weighted by molar-refractivity contribution is 7.09. The molecular formula is C15H18ClN3OS. The molecule has 1 heterocycles. The zero-order valence-corrected chi connectivity index (χ0v) is 13.4. The van der Waals surface area contributed by atoms with Gasteiger partial charge in [0, 0.05) is 16.4 Å². The molecule has 21 heavy (non-hydrogen) atoms. The fraction of sp³-hybridized carbons (Fsp3) is 0.267. The second-order valence-electron chi connectivity index (χ2n) is 4.85. The minimum atomic E-state index is -0.0994. The normalized spacial score (nSPS) is 10.8. The number of halogens is 1. The van der Waals surface area contributed by atoms with E-state index in [1.54, 1.807) is 29.5 Å². The van der Waals surface area contributed by atoms with E-state index in [9.17, 15) is 4.79 Å². The van der Waals surface area contributed by atoms with Crippen molar-refractivity contribution in [1.29, 1.82) is 0 Å². The summed E-state index contributed by atoms with van der Waals surface area (Å²) in [5, 5.41) is 5.39. The number of benzene rings is 1. The van der Waals surface area contributed by atoms with E-state index in [2.05, 4.69) is 16.8 Å². The summed E-state index contributed by atoms with van der Waals surface area (Å²) < 4.78 is 0. The number of anilines is 2. The standard InChI is InChI=1S/C15H18ClN3OS/c1-19(7-6-12-3-2-8-21-12)10-15(20)18-14-9-11(16)4-5-13(14)17/h2-5,8-9H,6-7,10,17H2,1H3,(H,18,20). The minimum Gasteiger partial charge on any atom is -0.397 e. The molecule has 6 heteroatoms. The number of likely N-dealkylation sites (N-methyl/N-ethyl adjacent to an activating group) is 1. The Balaban J connectivity index is 1.82. The number of hydrogen-bond donors (Lipinski definition) is 2. The molecule has 0 spiro atoms. The maximum Gasteiger partial charge on any atom is 0.238 e. The first-order valence-electron chi connectivity index (χ1n) is 6.60. The number of thiophene rings is 1. The van der Waals surface area contributed by atoms with Gasteiger partial charge < -0.3 is 11.1 Å². The number of nitrogens with zero attached hydrogens (tertiary/aromatic N) is 1. The summed E-state index contributed by atoms with van der Waals surface area (Å²) >= 11 is 7.63. The average molecular weight is 324 g/mol. The molecule has 2 rings (SSSR count). The maximum absolute atomic E-state index is 12.0. The Labute approximate surface area is 133 Å². The van der Waals surface area contributed by atoms with E-state index in [4.69, 9.17) is 17.3 Å². The van der Waals surface area contributed by atoms with Gasteiger partial charge in [-0.15, -0.1) is 11.3 Å². The highest BCUT2D eigenvalue weighted by Gasteiger charge is 2.09. The second kappa shape index (κ2) is 7.45. The molecule has 0 atom stereocenters. The number of nitrogen functional groups attached to an aromatic ring is 1. The lowest BCUT2D eigenvalue weighted by Gasteiger charge is -2.16. The fourth-order valence-electron chi connectivity index (χ4n) is 1.91. The van der Waals surface area contributed by atoms with E-state index in [-0.39, 0.29) is 5.91 Å². The molecule has 2 aromatic rings. The van der Waals surface area contributed by atoms with E-state index in [0.717, 1.165) is 13.0 Å².